The van der Waals surface area contributed by atoms with E-state index in [4.69, 9.17) is 0 Å². The molecule has 0 spiro atoms. The molecule has 0 atom stereocenters. The largest absolute Gasteiger partial charge is 0.293 e. The van der Waals surface area contributed by atoms with Crippen LogP contribution in [0.1, 0.15) is 15.9 Å². The Morgan fingerprint density at radius 2 is 1.71 bits per heavy atom. The van der Waals surface area contributed by atoms with E-state index in [1.54, 1.807) is 25.1 Å². The lowest BCUT2D eigenvalue weighted by molar-refractivity contribution is 0.102. The van der Waals surface area contributed by atoms with Crippen LogP contribution in [-0.4, -0.2) is 20.0 Å². The highest BCUT2D eigenvalue weighted by molar-refractivity contribution is 7.92. The average Bonchev–Trinajstić information content (AvgIpc) is 2.41. The Balaban J connectivity index is 2.30. The van der Waals surface area contributed by atoms with E-state index in [9.17, 15) is 22.0 Å². The van der Waals surface area contributed by atoms with Gasteiger partial charge >= 0.3 is 0 Å². The molecule has 0 saturated heterocycles. The van der Waals surface area contributed by atoms with Crippen LogP contribution in [0.3, 0.4) is 0 Å². The second kappa shape index (κ2) is 5.73. The molecule has 2 aromatic rings. The zero-order valence-electron chi connectivity index (χ0n) is 11.1. The van der Waals surface area contributed by atoms with Crippen molar-refractivity contribution in [3.63, 3.8) is 0 Å². The number of hydrogen-bond acceptors (Lipinski definition) is 3. The number of sulfone groups is 1. The van der Waals surface area contributed by atoms with Crippen molar-refractivity contribution in [3.05, 3.63) is 65.2 Å². The monoisotopic (exact) mass is 310 g/mol. The quantitative estimate of drug-likeness (QED) is 0.816. The fourth-order valence-electron chi connectivity index (χ4n) is 1.91. The van der Waals surface area contributed by atoms with Gasteiger partial charge in [-0.05, 0) is 36.8 Å². The zero-order valence-corrected chi connectivity index (χ0v) is 12.0. The lowest BCUT2D eigenvalue weighted by Crippen LogP contribution is -2.17. The highest BCUT2D eigenvalue weighted by atomic mass is 32.2. The smallest absolute Gasteiger partial charge is 0.186 e. The average molecular weight is 310 g/mol. The van der Waals surface area contributed by atoms with Crippen LogP contribution in [0.4, 0.5) is 8.78 Å². The van der Waals surface area contributed by atoms with Gasteiger partial charge in [0.15, 0.2) is 27.3 Å². The molecule has 6 heteroatoms. The SMILES string of the molecule is Cc1ccccc1S(=O)(=O)CC(=O)c1ccc(F)c(F)c1. The van der Waals surface area contributed by atoms with Gasteiger partial charge in [-0.15, -0.1) is 0 Å². The van der Waals surface area contributed by atoms with Crippen molar-refractivity contribution in [3.8, 4) is 0 Å². The number of hydrogen-bond donors (Lipinski definition) is 0. The lowest BCUT2D eigenvalue weighted by Gasteiger charge is -2.07. The minimum Gasteiger partial charge on any atom is -0.293 e. The standard InChI is InChI=1S/C15H12F2O3S/c1-10-4-2-3-5-15(10)21(19,20)9-14(18)11-6-7-12(16)13(17)8-11/h2-8H,9H2,1H3. The van der Waals surface area contributed by atoms with Crippen LogP contribution in [0.5, 0.6) is 0 Å². The van der Waals surface area contributed by atoms with Crippen molar-refractivity contribution in [2.75, 3.05) is 5.75 Å². The molecule has 21 heavy (non-hydrogen) atoms. The normalized spacial score (nSPS) is 11.4. The first-order valence-electron chi connectivity index (χ1n) is 6.08. The van der Waals surface area contributed by atoms with Crippen molar-refractivity contribution in [2.24, 2.45) is 0 Å². The maximum atomic E-state index is 13.1. The number of carbonyl (C=O) groups is 1. The Morgan fingerprint density at radius 3 is 2.33 bits per heavy atom. The molecule has 0 heterocycles. The number of aryl methyl sites for hydroxylation is 1. The molecular weight excluding hydrogens is 298 g/mol. The van der Waals surface area contributed by atoms with E-state index in [-0.39, 0.29) is 10.5 Å². The van der Waals surface area contributed by atoms with Crippen molar-refractivity contribution in [2.45, 2.75) is 11.8 Å². The summed E-state index contributed by atoms with van der Waals surface area (Å²) in [7, 11) is -3.83. The third-order valence-electron chi connectivity index (χ3n) is 2.99. The summed E-state index contributed by atoms with van der Waals surface area (Å²) >= 11 is 0. The van der Waals surface area contributed by atoms with Crippen LogP contribution in [0.15, 0.2) is 47.4 Å². The number of carbonyl (C=O) groups excluding carboxylic acids is 1. The van der Waals surface area contributed by atoms with Crippen molar-refractivity contribution in [1.82, 2.24) is 0 Å². The molecular formula is C15H12F2O3S. The van der Waals surface area contributed by atoms with E-state index < -0.39 is 33.0 Å². The van der Waals surface area contributed by atoms with Gasteiger partial charge in [0.05, 0.1) is 4.90 Å². The first-order valence-corrected chi connectivity index (χ1v) is 7.73. The van der Waals surface area contributed by atoms with Gasteiger partial charge < -0.3 is 0 Å². The van der Waals surface area contributed by atoms with Crippen LogP contribution in [0, 0.1) is 18.6 Å². The third-order valence-corrected chi connectivity index (χ3v) is 4.76. The van der Waals surface area contributed by atoms with Gasteiger partial charge in [0.25, 0.3) is 0 Å². The molecule has 110 valence electrons. The van der Waals surface area contributed by atoms with Crippen LogP contribution < -0.4 is 0 Å². The summed E-state index contributed by atoms with van der Waals surface area (Å²) in [6.45, 7) is 1.62. The van der Waals surface area contributed by atoms with E-state index in [0.29, 0.717) is 11.6 Å². The summed E-state index contributed by atoms with van der Waals surface area (Å²) in [5.74, 6) is -3.84. The van der Waals surface area contributed by atoms with E-state index in [1.807, 2.05) is 0 Å². The number of Topliss-reactive ketones (excluding diaryl/α,β-unsaturated/α-hetero) is 1. The minimum atomic E-state index is -3.83. The highest BCUT2D eigenvalue weighted by Crippen LogP contribution is 2.18. The zero-order chi connectivity index (χ0) is 15.6. The molecule has 0 N–H and O–H groups in total. The molecule has 0 aliphatic heterocycles. The summed E-state index contributed by atoms with van der Waals surface area (Å²) in [4.78, 5) is 12.0. The first-order chi connectivity index (χ1) is 9.81. The van der Waals surface area contributed by atoms with Gasteiger partial charge in [0, 0.05) is 5.56 Å². The van der Waals surface area contributed by atoms with Crippen LogP contribution >= 0.6 is 0 Å². The Hall–Kier alpha value is -2.08. The summed E-state index contributed by atoms with van der Waals surface area (Å²) in [6, 6.07) is 8.83. The summed E-state index contributed by atoms with van der Waals surface area (Å²) < 4.78 is 50.3. The van der Waals surface area contributed by atoms with E-state index >= 15 is 0 Å². The predicted octanol–water partition coefficient (Wildman–Crippen LogP) is 2.93. The molecule has 0 fully saturated rings. The van der Waals surface area contributed by atoms with E-state index in [0.717, 1.165) is 12.1 Å². The maximum absolute atomic E-state index is 13.1. The van der Waals surface area contributed by atoms with Crippen molar-refractivity contribution in [1.29, 1.82) is 0 Å². The van der Waals surface area contributed by atoms with Gasteiger partial charge in [-0.2, -0.15) is 0 Å². The number of halogens is 2. The van der Waals surface area contributed by atoms with Crippen molar-refractivity contribution < 1.29 is 22.0 Å². The topological polar surface area (TPSA) is 51.2 Å². The fraction of sp³-hybridized carbons (Fsp3) is 0.133. The Kier molecular flexibility index (Phi) is 4.18. The Bertz CT molecular complexity index is 798. The molecule has 0 aliphatic rings. The summed E-state index contributed by atoms with van der Waals surface area (Å²) in [6.07, 6.45) is 0. The molecule has 2 aromatic carbocycles. The molecule has 3 nitrogen and oxygen atoms in total. The summed E-state index contributed by atoms with van der Waals surface area (Å²) in [5, 5.41) is 0. The second-order valence-electron chi connectivity index (χ2n) is 4.58. The highest BCUT2D eigenvalue weighted by Gasteiger charge is 2.22. The molecule has 2 rings (SSSR count). The van der Waals surface area contributed by atoms with E-state index in [1.165, 1.54) is 6.07 Å². The number of benzene rings is 2. The molecule has 0 saturated carbocycles. The Morgan fingerprint density at radius 1 is 1.05 bits per heavy atom. The lowest BCUT2D eigenvalue weighted by atomic mass is 10.1. The minimum absolute atomic E-state index is 0.0564. The predicted molar refractivity (Wildman–Crippen MR) is 73.9 cm³/mol. The van der Waals surface area contributed by atoms with E-state index in [2.05, 4.69) is 0 Å². The number of rotatable bonds is 4. The second-order valence-corrected chi connectivity index (χ2v) is 6.53. The van der Waals surface area contributed by atoms with Gasteiger partial charge in [0.2, 0.25) is 0 Å². The van der Waals surface area contributed by atoms with Gasteiger partial charge in [0.1, 0.15) is 5.75 Å². The first kappa shape index (κ1) is 15.3. The summed E-state index contributed by atoms with van der Waals surface area (Å²) in [5.41, 5.74) is 0.349. The third kappa shape index (κ3) is 3.33. The van der Waals surface area contributed by atoms with Crippen LogP contribution in [0.25, 0.3) is 0 Å². The molecule has 0 unspecified atom stereocenters. The fourth-order valence-corrected chi connectivity index (χ4v) is 3.42. The maximum Gasteiger partial charge on any atom is 0.186 e. The molecule has 0 radical (unpaired) electrons. The van der Waals surface area contributed by atoms with Crippen molar-refractivity contribution >= 4 is 15.6 Å². The molecule has 0 aliphatic carbocycles. The molecule has 0 aromatic heterocycles. The van der Waals surface area contributed by atoms with Gasteiger partial charge in [-0.1, -0.05) is 18.2 Å². The van der Waals surface area contributed by atoms with Gasteiger partial charge in [-0.25, -0.2) is 17.2 Å². The molecule has 0 amide bonds. The number of ketones is 1. The van der Waals surface area contributed by atoms with Crippen LogP contribution in [0.2, 0.25) is 0 Å². The van der Waals surface area contributed by atoms with Crippen LogP contribution in [-0.2, 0) is 9.84 Å². The Labute approximate surface area is 121 Å². The molecule has 0 bridgehead atoms. The van der Waals surface area contributed by atoms with Gasteiger partial charge in [-0.3, -0.25) is 4.79 Å².